The fraction of sp³-hybridized carbons (Fsp3) is 0. The summed E-state index contributed by atoms with van der Waals surface area (Å²) >= 11 is 7.92. The third kappa shape index (κ3) is 1.51. The van der Waals surface area contributed by atoms with Crippen molar-refractivity contribution in [1.82, 2.24) is 9.97 Å². The lowest BCUT2D eigenvalue weighted by Crippen LogP contribution is -1.84. The number of halogens is 2. The normalized spacial score (nSPS) is 10.5. The molecule has 0 saturated heterocycles. The van der Waals surface area contributed by atoms with Gasteiger partial charge in [0.2, 0.25) is 0 Å². The van der Waals surface area contributed by atoms with Crippen molar-refractivity contribution in [1.29, 1.82) is 0 Å². The first-order chi connectivity index (χ1) is 5.75. The largest absolute Gasteiger partial charge is 0.235 e. The molecule has 2 rings (SSSR count). The van der Waals surface area contributed by atoms with Crippen LogP contribution in [0.5, 0.6) is 0 Å². The van der Waals surface area contributed by atoms with Gasteiger partial charge in [0.25, 0.3) is 0 Å². The standard InChI is InChI=1S/C8H4ClIN2/c9-7-2-1-5-3-6(10)4-11-8(5)12-7/h1-4H. The molecule has 12 heavy (non-hydrogen) atoms. The Balaban J connectivity index is 2.79. The van der Waals surface area contributed by atoms with E-state index in [-0.39, 0.29) is 0 Å². The number of hydrogen-bond donors (Lipinski definition) is 0. The SMILES string of the molecule is Clc1ccc2cc(I)cnc2n1. The highest BCUT2D eigenvalue weighted by molar-refractivity contribution is 14.1. The van der Waals surface area contributed by atoms with Gasteiger partial charge in [-0.25, -0.2) is 9.97 Å². The molecule has 2 aromatic rings. The molecule has 0 aliphatic rings. The molecule has 0 radical (unpaired) electrons. The Morgan fingerprint density at radius 2 is 2.17 bits per heavy atom. The zero-order chi connectivity index (χ0) is 8.55. The summed E-state index contributed by atoms with van der Waals surface area (Å²) in [5, 5.41) is 1.50. The number of nitrogens with zero attached hydrogens (tertiary/aromatic N) is 2. The second kappa shape index (κ2) is 3.14. The Labute approximate surface area is 88.1 Å². The van der Waals surface area contributed by atoms with Gasteiger partial charge in [0, 0.05) is 15.2 Å². The minimum absolute atomic E-state index is 0.483. The Bertz CT molecular complexity index is 389. The predicted molar refractivity (Wildman–Crippen MR) is 57.3 cm³/mol. The van der Waals surface area contributed by atoms with Crippen LogP contribution < -0.4 is 0 Å². The van der Waals surface area contributed by atoms with Crippen LogP contribution in [-0.2, 0) is 0 Å². The van der Waals surface area contributed by atoms with Crippen LogP contribution >= 0.6 is 34.2 Å². The molecule has 2 heterocycles. The Morgan fingerprint density at radius 1 is 1.33 bits per heavy atom. The lowest BCUT2D eigenvalue weighted by atomic mass is 10.3. The zero-order valence-electron chi connectivity index (χ0n) is 5.96. The van der Waals surface area contributed by atoms with Gasteiger partial charge in [-0.05, 0) is 40.8 Å². The van der Waals surface area contributed by atoms with Gasteiger partial charge in [0.15, 0.2) is 5.65 Å². The average Bonchev–Trinajstić information content (AvgIpc) is 2.05. The van der Waals surface area contributed by atoms with Gasteiger partial charge in [0.05, 0.1) is 0 Å². The van der Waals surface area contributed by atoms with E-state index in [2.05, 4.69) is 32.6 Å². The van der Waals surface area contributed by atoms with E-state index in [1.165, 1.54) is 0 Å². The van der Waals surface area contributed by atoms with Gasteiger partial charge in [-0.2, -0.15) is 0 Å². The summed E-state index contributed by atoms with van der Waals surface area (Å²) in [4.78, 5) is 8.21. The number of aromatic nitrogens is 2. The van der Waals surface area contributed by atoms with E-state index in [9.17, 15) is 0 Å². The Morgan fingerprint density at radius 3 is 3.00 bits per heavy atom. The van der Waals surface area contributed by atoms with Crippen molar-refractivity contribution in [2.45, 2.75) is 0 Å². The topological polar surface area (TPSA) is 25.8 Å². The molecular formula is C8H4ClIN2. The molecule has 0 aliphatic carbocycles. The first-order valence-corrected chi connectivity index (χ1v) is 4.79. The second-order valence-corrected chi connectivity index (χ2v) is 3.97. The van der Waals surface area contributed by atoms with E-state index in [1.807, 2.05) is 12.1 Å². The number of hydrogen-bond acceptors (Lipinski definition) is 2. The predicted octanol–water partition coefficient (Wildman–Crippen LogP) is 2.89. The van der Waals surface area contributed by atoms with Gasteiger partial charge in [-0.3, -0.25) is 0 Å². The van der Waals surface area contributed by atoms with Crippen LogP contribution in [-0.4, -0.2) is 9.97 Å². The first kappa shape index (κ1) is 8.19. The van der Waals surface area contributed by atoms with E-state index in [0.29, 0.717) is 10.8 Å². The minimum Gasteiger partial charge on any atom is -0.235 e. The maximum Gasteiger partial charge on any atom is 0.160 e. The summed E-state index contributed by atoms with van der Waals surface area (Å²) in [6, 6.07) is 5.70. The highest BCUT2D eigenvalue weighted by Crippen LogP contribution is 2.15. The third-order valence-electron chi connectivity index (χ3n) is 1.47. The first-order valence-electron chi connectivity index (χ1n) is 3.33. The van der Waals surface area contributed by atoms with Crippen LogP contribution in [0.4, 0.5) is 0 Å². The van der Waals surface area contributed by atoms with E-state index in [1.54, 1.807) is 12.3 Å². The summed E-state index contributed by atoms with van der Waals surface area (Å²) in [7, 11) is 0. The Hall–Kier alpha value is -0.420. The molecule has 0 amide bonds. The maximum absolute atomic E-state index is 5.71. The molecule has 0 spiro atoms. The van der Waals surface area contributed by atoms with Crippen molar-refractivity contribution in [3.05, 3.63) is 33.1 Å². The zero-order valence-corrected chi connectivity index (χ0v) is 8.87. The van der Waals surface area contributed by atoms with Crippen LogP contribution in [0.1, 0.15) is 0 Å². The van der Waals surface area contributed by atoms with Crippen LogP contribution in [0.3, 0.4) is 0 Å². The molecule has 4 heteroatoms. The van der Waals surface area contributed by atoms with Crippen molar-refractivity contribution < 1.29 is 0 Å². The van der Waals surface area contributed by atoms with E-state index in [4.69, 9.17) is 11.6 Å². The quantitative estimate of drug-likeness (QED) is 0.551. The Kier molecular flexibility index (Phi) is 2.14. The molecule has 0 unspecified atom stereocenters. The van der Waals surface area contributed by atoms with Gasteiger partial charge in [-0.15, -0.1) is 0 Å². The lowest BCUT2D eigenvalue weighted by Gasteiger charge is -1.96. The van der Waals surface area contributed by atoms with Crippen molar-refractivity contribution >= 4 is 45.2 Å². The van der Waals surface area contributed by atoms with Crippen molar-refractivity contribution in [2.75, 3.05) is 0 Å². The summed E-state index contributed by atoms with van der Waals surface area (Å²) in [5.74, 6) is 0. The van der Waals surface area contributed by atoms with E-state index < -0.39 is 0 Å². The van der Waals surface area contributed by atoms with Crippen LogP contribution in [0.25, 0.3) is 11.0 Å². The molecule has 0 N–H and O–H groups in total. The maximum atomic E-state index is 5.71. The fourth-order valence-electron chi connectivity index (χ4n) is 0.961. The van der Waals surface area contributed by atoms with Gasteiger partial charge in [-0.1, -0.05) is 11.6 Å². The number of pyridine rings is 2. The van der Waals surface area contributed by atoms with Gasteiger partial charge in [0.1, 0.15) is 5.15 Å². The molecule has 0 bridgehead atoms. The third-order valence-corrected chi connectivity index (χ3v) is 2.28. The number of fused-ring (bicyclic) bond motifs is 1. The van der Waals surface area contributed by atoms with Crippen LogP contribution in [0, 0.1) is 3.57 Å². The highest BCUT2D eigenvalue weighted by atomic mass is 127. The molecule has 0 aliphatic heterocycles. The van der Waals surface area contributed by atoms with E-state index in [0.717, 1.165) is 8.96 Å². The lowest BCUT2D eigenvalue weighted by molar-refractivity contribution is 1.28. The molecule has 0 saturated carbocycles. The second-order valence-electron chi connectivity index (χ2n) is 2.33. The molecule has 2 nitrogen and oxygen atoms in total. The van der Waals surface area contributed by atoms with Gasteiger partial charge >= 0.3 is 0 Å². The minimum atomic E-state index is 0.483. The monoisotopic (exact) mass is 290 g/mol. The summed E-state index contributed by atoms with van der Waals surface area (Å²) in [6.07, 6.45) is 1.77. The van der Waals surface area contributed by atoms with Crippen molar-refractivity contribution in [2.24, 2.45) is 0 Å². The average molecular weight is 290 g/mol. The fourth-order valence-corrected chi connectivity index (χ4v) is 1.58. The van der Waals surface area contributed by atoms with Crippen molar-refractivity contribution in [3.63, 3.8) is 0 Å². The summed E-state index contributed by atoms with van der Waals surface area (Å²) in [5.41, 5.74) is 0.697. The summed E-state index contributed by atoms with van der Waals surface area (Å²) < 4.78 is 1.10. The molecule has 2 aromatic heterocycles. The smallest absolute Gasteiger partial charge is 0.160 e. The molecule has 0 atom stereocenters. The van der Waals surface area contributed by atoms with E-state index >= 15 is 0 Å². The highest BCUT2D eigenvalue weighted by Gasteiger charge is 1.97. The van der Waals surface area contributed by atoms with Crippen molar-refractivity contribution in [3.8, 4) is 0 Å². The molecule has 0 aromatic carbocycles. The molecule has 60 valence electrons. The van der Waals surface area contributed by atoms with Crippen LogP contribution in [0.2, 0.25) is 5.15 Å². The summed E-state index contributed by atoms with van der Waals surface area (Å²) in [6.45, 7) is 0. The number of rotatable bonds is 0. The molecular weight excluding hydrogens is 286 g/mol. The molecule has 0 fully saturated rings. The van der Waals surface area contributed by atoms with Crippen LogP contribution in [0.15, 0.2) is 24.4 Å². The van der Waals surface area contributed by atoms with Gasteiger partial charge < -0.3 is 0 Å².